The Labute approximate surface area is 142 Å². The van der Waals surface area contributed by atoms with Gasteiger partial charge in [0.05, 0.1) is 6.42 Å². The summed E-state index contributed by atoms with van der Waals surface area (Å²) in [4.78, 5) is 26.0. The van der Waals surface area contributed by atoms with Crippen LogP contribution >= 0.6 is 0 Å². The van der Waals surface area contributed by atoms with Crippen molar-refractivity contribution in [2.45, 2.75) is 26.7 Å². The van der Waals surface area contributed by atoms with Crippen molar-refractivity contribution in [3.63, 3.8) is 0 Å². The van der Waals surface area contributed by atoms with E-state index in [0.29, 0.717) is 6.54 Å². The van der Waals surface area contributed by atoms with Crippen molar-refractivity contribution >= 4 is 17.6 Å². The minimum absolute atomic E-state index is 0.173. The van der Waals surface area contributed by atoms with E-state index in [1.807, 2.05) is 56.3 Å². The fraction of sp³-hybridized carbons (Fsp3) is 0.300. The summed E-state index contributed by atoms with van der Waals surface area (Å²) >= 11 is 0. The normalized spacial score (nSPS) is 12.8. The van der Waals surface area contributed by atoms with Crippen LogP contribution in [0, 0.1) is 13.8 Å². The van der Waals surface area contributed by atoms with Gasteiger partial charge in [0.2, 0.25) is 0 Å². The van der Waals surface area contributed by atoms with Gasteiger partial charge in [-0.15, -0.1) is 0 Å². The number of esters is 1. The third-order valence-electron chi connectivity index (χ3n) is 4.46. The molecule has 0 bridgehead atoms. The van der Waals surface area contributed by atoms with Crippen molar-refractivity contribution in [1.29, 1.82) is 0 Å². The molecule has 0 fully saturated rings. The number of nitrogens with zero attached hydrogens (tertiary/aromatic N) is 1. The highest BCUT2D eigenvalue weighted by molar-refractivity contribution is 5.97. The summed E-state index contributed by atoms with van der Waals surface area (Å²) in [5.41, 5.74) is 5.32. The molecule has 0 saturated carbocycles. The molecule has 0 radical (unpaired) electrons. The molecule has 0 atom stereocenters. The Morgan fingerprint density at radius 3 is 2.67 bits per heavy atom. The average Bonchev–Trinajstić information content (AvgIpc) is 3.00. The van der Waals surface area contributed by atoms with Crippen molar-refractivity contribution < 1.29 is 14.3 Å². The van der Waals surface area contributed by atoms with Gasteiger partial charge in [-0.25, -0.2) is 0 Å². The third-order valence-corrected chi connectivity index (χ3v) is 4.46. The largest absolute Gasteiger partial charge is 0.455 e. The van der Waals surface area contributed by atoms with Crippen molar-refractivity contribution in [3.05, 3.63) is 64.7 Å². The second-order valence-electron chi connectivity index (χ2n) is 6.18. The molecule has 1 heterocycles. The van der Waals surface area contributed by atoms with Crippen molar-refractivity contribution in [2.75, 3.05) is 18.1 Å². The lowest BCUT2D eigenvalue weighted by Gasteiger charge is -2.17. The number of aryl methyl sites for hydroxylation is 2. The summed E-state index contributed by atoms with van der Waals surface area (Å²) in [6.45, 7) is 4.48. The number of carbonyl (C=O) groups is 2. The van der Waals surface area contributed by atoms with Crippen LogP contribution in [-0.2, 0) is 27.2 Å². The maximum Gasteiger partial charge on any atom is 0.310 e. The van der Waals surface area contributed by atoms with Crippen LogP contribution in [0.3, 0.4) is 0 Å². The van der Waals surface area contributed by atoms with E-state index in [1.165, 1.54) is 5.56 Å². The number of rotatable bonds is 4. The van der Waals surface area contributed by atoms with Gasteiger partial charge in [0.25, 0.3) is 5.91 Å². The highest BCUT2D eigenvalue weighted by atomic mass is 16.5. The molecule has 0 N–H and O–H groups in total. The monoisotopic (exact) mass is 323 g/mol. The molecule has 124 valence electrons. The Hall–Kier alpha value is -2.62. The van der Waals surface area contributed by atoms with E-state index in [0.717, 1.165) is 28.8 Å². The zero-order chi connectivity index (χ0) is 17.1. The zero-order valence-corrected chi connectivity index (χ0v) is 14.0. The number of fused-ring (bicyclic) bond motifs is 1. The van der Waals surface area contributed by atoms with Crippen LogP contribution in [0.25, 0.3) is 0 Å². The van der Waals surface area contributed by atoms with Gasteiger partial charge in [-0.1, -0.05) is 36.4 Å². The second kappa shape index (κ2) is 6.87. The lowest BCUT2D eigenvalue weighted by Crippen LogP contribution is -2.33. The van der Waals surface area contributed by atoms with Gasteiger partial charge in [-0.05, 0) is 48.6 Å². The fourth-order valence-electron chi connectivity index (χ4n) is 2.95. The lowest BCUT2D eigenvalue weighted by atomic mass is 10.0. The highest BCUT2D eigenvalue weighted by Crippen LogP contribution is 2.27. The molecule has 1 aliphatic heterocycles. The Balaban J connectivity index is 1.55. The SMILES string of the molecule is Cc1ccc(CC(=O)OCC(=O)N2CCc3ccccc32)cc1C. The maximum absolute atomic E-state index is 12.3. The molecular weight excluding hydrogens is 302 g/mol. The van der Waals surface area contributed by atoms with Gasteiger partial charge < -0.3 is 9.64 Å². The van der Waals surface area contributed by atoms with Crippen LogP contribution in [0.2, 0.25) is 0 Å². The maximum atomic E-state index is 12.3. The number of ether oxygens (including phenoxy) is 1. The van der Waals surface area contributed by atoms with E-state index in [1.54, 1.807) is 4.90 Å². The molecule has 3 rings (SSSR count). The highest BCUT2D eigenvalue weighted by Gasteiger charge is 2.24. The summed E-state index contributed by atoms with van der Waals surface area (Å²) in [6, 6.07) is 13.7. The molecule has 4 heteroatoms. The molecule has 1 aliphatic rings. The van der Waals surface area contributed by atoms with Crippen LogP contribution in [0.1, 0.15) is 22.3 Å². The van der Waals surface area contributed by atoms with Crippen molar-refractivity contribution in [2.24, 2.45) is 0 Å². The minimum Gasteiger partial charge on any atom is -0.455 e. The standard InChI is InChI=1S/C20H21NO3/c1-14-7-8-16(11-15(14)2)12-20(23)24-13-19(22)21-10-9-17-5-3-4-6-18(17)21/h3-8,11H,9-10,12-13H2,1-2H3. The van der Waals surface area contributed by atoms with Gasteiger partial charge in [0, 0.05) is 12.2 Å². The van der Waals surface area contributed by atoms with Gasteiger partial charge in [0.15, 0.2) is 6.61 Å². The topological polar surface area (TPSA) is 46.6 Å². The quantitative estimate of drug-likeness (QED) is 0.813. The van der Waals surface area contributed by atoms with Gasteiger partial charge in [0.1, 0.15) is 0 Å². The molecule has 24 heavy (non-hydrogen) atoms. The molecule has 1 amide bonds. The van der Waals surface area contributed by atoms with Crippen LogP contribution < -0.4 is 4.90 Å². The molecule has 4 nitrogen and oxygen atoms in total. The molecule has 2 aromatic rings. The summed E-state index contributed by atoms with van der Waals surface area (Å²) in [7, 11) is 0. The van der Waals surface area contributed by atoms with Gasteiger partial charge >= 0.3 is 5.97 Å². The number of amides is 1. The first-order valence-electron chi connectivity index (χ1n) is 8.14. The van der Waals surface area contributed by atoms with Crippen molar-refractivity contribution in [3.8, 4) is 0 Å². The zero-order valence-electron chi connectivity index (χ0n) is 14.0. The summed E-state index contributed by atoms with van der Waals surface area (Å²) < 4.78 is 5.18. The molecular formula is C20H21NO3. The van der Waals surface area contributed by atoms with Crippen LogP contribution in [0.4, 0.5) is 5.69 Å². The van der Waals surface area contributed by atoms with Crippen LogP contribution in [-0.4, -0.2) is 25.0 Å². The smallest absolute Gasteiger partial charge is 0.310 e. The van der Waals surface area contributed by atoms with E-state index in [9.17, 15) is 9.59 Å². The summed E-state index contributed by atoms with van der Waals surface area (Å²) in [5, 5.41) is 0. The lowest BCUT2D eigenvalue weighted by molar-refractivity contribution is -0.147. The minimum atomic E-state index is -0.376. The first kappa shape index (κ1) is 16.2. The molecule has 2 aromatic carbocycles. The van der Waals surface area contributed by atoms with E-state index < -0.39 is 0 Å². The van der Waals surface area contributed by atoms with Gasteiger partial charge in [-0.2, -0.15) is 0 Å². The predicted octanol–water partition coefficient (Wildman–Crippen LogP) is 2.98. The third kappa shape index (κ3) is 3.48. The fourth-order valence-corrected chi connectivity index (χ4v) is 2.95. The predicted molar refractivity (Wildman–Crippen MR) is 93.1 cm³/mol. The van der Waals surface area contributed by atoms with E-state index >= 15 is 0 Å². The molecule has 0 unspecified atom stereocenters. The summed E-state index contributed by atoms with van der Waals surface area (Å²) in [6.07, 6.45) is 1.03. The Kier molecular flexibility index (Phi) is 4.65. The van der Waals surface area contributed by atoms with Crippen LogP contribution in [0.15, 0.2) is 42.5 Å². The number of benzene rings is 2. The number of hydrogen-bond acceptors (Lipinski definition) is 3. The Morgan fingerprint density at radius 2 is 1.88 bits per heavy atom. The first-order valence-corrected chi connectivity index (χ1v) is 8.14. The van der Waals surface area contributed by atoms with Crippen molar-refractivity contribution in [1.82, 2.24) is 0 Å². The van der Waals surface area contributed by atoms with E-state index in [4.69, 9.17) is 4.74 Å². The number of anilines is 1. The number of hydrogen-bond donors (Lipinski definition) is 0. The molecule has 0 spiro atoms. The average molecular weight is 323 g/mol. The second-order valence-corrected chi connectivity index (χ2v) is 6.18. The first-order chi connectivity index (χ1) is 11.5. The van der Waals surface area contributed by atoms with Crippen LogP contribution in [0.5, 0.6) is 0 Å². The van der Waals surface area contributed by atoms with E-state index in [2.05, 4.69) is 0 Å². The summed E-state index contributed by atoms with van der Waals surface area (Å²) in [5.74, 6) is -0.549. The Morgan fingerprint density at radius 1 is 1.08 bits per heavy atom. The number of para-hydroxylation sites is 1. The van der Waals surface area contributed by atoms with Gasteiger partial charge in [-0.3, -0.25) is 9.59 Å². The molecule has 0 aliphatic carbocycles. The van der Waals surface area contributed by atoms with E-state index in [-0.39, 0.29) is 24.9 Å². The number of carbonyl (C=O) groups excluding carboxylic acids is 2. The Bertz CT molecular complexity index is 782. The molecule has 0 saturated heterocycles. The molecule has 0 aromatic heterocycles.